The van der Waals surface area contributed by atoms with Gasteiger partial charge in [-0.2, -0.15) is 0 Å². The average molecular weight is 744 g/mol. The molecular formula is C54H59B2N. The molecule has 3 heteroatoms. The molecule has 1 nitrogen and oxygen atoms in total. The molecule has 1 heterocycles. The minimum absolute atomic E-state index is 0.726. The van der Waals surface area contributed by atoms with Crippen LogP contribution in [-0.4, -0.2) is 13.4 Å². The number of para-hydroxylation sites is 1. The molecule has 0 aromatic heterocycles. The number of hydrogen-bond donors (Lipinski definition) is 0. The lowest BCUT2D eigenvalue weighted by molar-refractivity contribution is 0.441. The Morgan fingerprint density at radius 1 is 0.404 bits per heavy atom. The maximum Gasteiger partial charge on any atom is 0.182 e. The molecule has 8 aliphatic carbocycles. The molecule has 0 N–H and O–H groups in total. The maximum atomic E-state index is 2.74. The zero-order chi connectivity index (χ0) is 36.9. The highest BCUT2D eigenvalue weighted by Gasteiger charge is 2.54. The van der Waals surface area contributed by atoms with E-state index in [1.807, 2.05) is 0 Å². The third-order valence-electron chi connectivity index (χ3n) is 19.6. The topological polar surface area (TPSA) is 3.24 Å². The minimum Gasteiger partial charge on any atom is -0.309 e. The molecule has 1 aliphatic heterocycles. The van der Waals surface area contributed by atoms with E-state index in [0.29, 0.717) is 0 Å². The molecule has 8 fully saturated rings. The fourth-order valence-electron chi connectivity index (χ4n) is 17.5. The van der Waals surface area contributed by atoms with Crippen LogP contribution >= 0.6 is 0 Å². The van der Waals surface area contributed by atoms with E-state index < -0.39 is 0 Å². The van der Waals surface area contributed by atoms with Gasteiger partial charge in [0.15, 0.2) is 13.4 Å². The van der Waals surface area contributed by atoms with Gasteiger partial charge in [0, 0.05) is 16.6 Å². The second-order valence-electron chi connectivity index (χ2n) is 22.0. The third kappa shape index (κ3) is 4.96. The molecule has 5 aromatic carbocycles. The predicted octanol–water partition coefficient (Wildman–Crippen LogP) is 13.6. The summed E-state index contributed by atoms with van der Waals surface area (Å²) in [5.41, 5.74) is 10.3. The first-order valence-corrected chi connectivity index (χ1v) is 24.2. The molecule has 9 aliphatic rings. The monoisotopic (exact) mass is 743 g/mol. The number of anilines is 3. The zero-order valence-corrected chi connectivity index (χ0v) is 34.0. The average Bonchev–Trinajstić information content (AvgIpc) is 4.12. The lowest BCUT2D eigenvalue weighted by Gasteiger charge is -2.38. The fraction of sp³-hybridized carbons (Fsp3) is 0.519. The number of rotatable bonds is 7. The Hall–Kier alpha value is -3.45. The number of benzene rings is 5. The first-order chi connectivity index (χ1) is 28.2. The molecule has 8 saturated carbocycles. The largest absolute Gasteiger partial charge is 0.309 e. The van der Waals surface area contributed by atoms with Gasteiger partial charge in [-0.25, -0.2) is 0 Å². The summed E-state index contributed by atoms with van der Waals surface area (Å²) in [6.07, 6.45) is 24.0. The van der Waals surface area contributed by atoms with Crippen LogP contribution in [0, 0.1) is 47.3 Å². The molecule has 12 atom stereocenters. The van der Waals surface area contributed by atoms with Crippen molar-refractivity contribution < 1.29 is 0 Å². The Labute approximate surface area is 341 Å². The molecule has 286 valence electrons. The van der Waals surface area contributed by atoms with Gasteiger partial charge in [-0.3, -0.25) is 0 Å². The predicted molar refractivity (Wildman–Crippen MR) is 243 cm³/mol. The Balaban J connectivity index is 0.935. The van der Waals surface area contributed by atoms with Crippen molar-refractivity contribution in [3.63, 3.8) is 0 Å². The van der Waals surface area contributed by atoms with Crippen LogP contribution in [0.15, 0.2) is 91.0 Å². The summed E-state index contributed by atoms with van der Waals surface area (Å²) in [6.45, 7) is 1.48. The molecule has 0 amide bonds. The van der Waals surface area contributed by atoms with Crippen LogP contribution in [0.25, 0.3) is 32.7 Å². The fourth-order valence-corrected chi connectivity index (χ4v) is 17.5. The van der Waals surface area contributed by atoms with Gasteiger partial charge in [0.2, 0.25) is 0 Å². The maximum absolute atomic E-state index is 2.74. The zero-order valence-electron chi connectivity index (χ0n) is 34.0. The van der Waals surface area contributed by atoms with E-state index in [1.54, 1.807) is 10.9 Å². The molecule has 0 saturated heterocycles. The SMILES string of the molecule is c1ccc(N2c3cc(B(C4CC5CCC4C5)C4CC5CCC4C5)ccc3-c3cc4ccc(B(C5CC6CCC5C6)C5CC6CCC5C6)cc4c4cccc2c34)cc1. The van der Waals surface area contributed by atoms with Gasteiger partial charge in [0.1, 0.15) is 0 Å². The highest BCUT2D eigenvalue weighted by atomic mass is 15.2. The molecule has 0 radical (unpaired) electrons. The van der Waals surface area contributed by atoms with Gasteiger partial charge < -0.3 is 4.90 Å². The lowest BCUT2D eigenvalue weighted by Crippen LogP contribution is -2.43. The molecule has 0 spiro atoms. The summed E-state index contributed by atoms with van der Waals surface area (Å²) in [6, 6.07) is 37.2. The van der Waals surface area contributed by atoms with Gasteiger partial charge in [0.05, 0.1) is 11.4 Å². The summed E-state index contributed by atoms with van der Waals surface area (Å²) < 4.78 is 0. The van der Waals surface area contributed by atoms with Crippen molar-refractivity contribution in [2.75, 3.05) is 4.90 Å². The van der Waals surface area contributed by atoms with Gasteiger partial charge in [-0.1, -0.05) is 172 Å². The van der Waals surface area contributed by atoms with Crippen molar-refractivity contribution in [1.82, 2.24) is 0 Å². The van der Waals surface area contributed by atoms with Crippen LogP contribution < -0.4 is 15.8 Å². The normalized spacial score (nSPS) is 36.3. The van der Waals surface area contributed by atoms with E-state index in [0.717, 1.165) is 84.0 Å². The number of nitrogens with zero attached hydrogens (tertiary/aromatic N) is 1. The van der Waals surface area contributed by atoms with Crippen LogP contribution in [0.3, 0.4) is 0 Å². The summed E-state index contributed by atoms with van der Waals surface area (Å²) in [4.78, 5) is 2.68. The van der Waals surface area contributed by atoms with Crippen LogP contribution in [0.5, 0.6) is 0 Å². The van der Waals surface area contributed by atoms with Crippen LogP contribution in [0.4, 0.5) is 17.1 Å². The third-order valence-corrected chi connectivity index (χ3v) is 19.6. The number of hydrogen-bond acceptors (Lipinski definition) is 1. The van der Waals surface area contributed by atoms with Crippen molar-refractivity contribution >= 4 is 63.0 Å². The lowest BCUT2D eigenvalue weighted by atomic mass is 9.27. The highest BCUT2D eigenvalue weighted by Crippen LogP contribution is 2.62. The van der Waals surface area contributed by atoms with Crippen molar-refractivity contribution in [3.05, 3.63) is 91.0 Å². The Bertz CT molecular complexity index is 2360. The first kappa shape index (κ1) is 33.4. The Morgan fingerprint density at radius 3 is 1.47 bits per heavy atom. The van der Waals surface area contributed by atoms with Crippen LogP contribution in [0.2, 0.25) is 23.3 Å². The smallest absolute Gasteiger partial charge is 0.182 e. The van der Waals surface area contributed by atoms with Crippen molar-refractivity contribution in [2.45, 2.75) is 126 Å². The van der Waals surface area contributed by atoms with Crippen molar-refractivity contribution in [2.24, 2.45) is 47.3 Å². The second-order valence-corrected chi connectivity index (χ2v) is 22.0. The minimum atomic E-state index is 0.726. The standard InChI is InChI=1S/C54H59B2N/c1-2-5-43(6-3-1)57-52-8-4-7-45-46-30-41(55(48-25-32-9-13-37(48)21-32)49-26-33-10-14-38(49)22-33)18-17-36(46)29-47(54(45)52)44-20-19-42(31-53(44)57)56(50-27-34-11-15-39(50)23-34)51-28-35-12-16-40(51)24-35/h1-8,17-20,29-35,37-40,48-51H,9-16,21-28H2. The summed E-state index contributed by atoms with van der Waals surface area (Å²) in [5.74, 6) is 11.4. The van der Waals surface area contributed by atoms with E-state index in [-0.39, 0.29) is 0 Å². The van der Waals surface area contributed by atoms with Gasteiger partial charge in [-0.15, -0.1) is 0 Å². The molecule has 5 aromatic rings. The van der Waals surface area contributed by atoms with Crippen molar-refractivity contribution in [1.29, 1.82) is 0 Å². The molecule has 14 rings (SSSR count). The quantitative estimate of drug-likeness (QED) is 0.116. The Morgan fingerprint density at radius 2 is 0.947 bits per heavy atom. The number of fused-ring (bicyclic) bond motifs is 12. The van der Waals surface area contributed by atoms with Crippen LogP contribution in [0.1, 0.15) is 103 Å². The molecule has 57 heavy (non-hydrogen) atoms. The highest BCUT2D eigenvalue weighted by molar-refractivity contribution is 6.77. The summed E-state index contributed by atoms with van der Waals surface area (Å²) in [5, 5.41) is 5.84. The van der Waals surface area contributed by atoms with E-state index in [4.69, 9.17) is 0 Å². The van der Waals surface area contributed by atoms with E-state index in [1.165, 1.54) is 152 Å². The van der Waals surface area contributed by atoms with Crippen LogP contribution in [-0.2, 0) is 0 Å². The summed E-state index contributed by atoms with van der Waals surface area (Å²) >= 11 is 0. The molecule has 12 unspecified atom stereocenters. The van der Waals surface area contributed by atoms with E-state index >= 15 is 0 Å². The van der Waals surface area contributed by atoms with E-state index in [2.05, 4.69) is 95.9 Å². The summed E-state index contributed by atoms with van der Waals surface area (Å²) in [7, 11) is 0. The van der Waals surface area contributed by atoms with Gasteiger partial charge in [0.25, 0.3) is 0 Å². The Kier molecular flexibility index (Phi) is 7.34. The molecule has 8 bridgehead atoms. The van der Waals surface area contributed by atoms with Crippen molar-refractivity contribution in [3.8, 4) is 11.1 Å². The second kappa shape index (κ2) is 12.5. The van der Waals surface area contributed by atoms with Gasteiger partial charge >= 0.3 is 0 Å². The first-order valence-electron chi connectivity index (χ1n) is 24.2. The molecular weight excluding hydrogens is 684 g/mol. The van der Waals surface area contributed by atoms with E-state index in [9.17, 15) is 0 Å². The van der Waals surface area contributed by atoms with Gasteiger partial charge in [-0.05, 0) is 125 Å².